The van der Waals surface area contributed by atoms with E-state index in [1.807, 2.05) is 6.07 Å². The van der Waals surface area contributed by atoms with Gasteiger partial charge < -0.3 is 26.2 Å². The van der Waals surface area contributed by atoms with Crippen molar-refractivity contribution in [1.29, 1.82) is 0 Å². The van der Waals surface area contributed by atoms with Crippen LogP contribution in [0.2, 0.25) is 0 Å². The fourth-order valence-electron chi connectivity index (χ4n) is 3.63. The lowest BCUT2D eigenvalue weighted by Crippen LogP contribution is -2.42. The summed E-state index contributed by atoms with van der Waals surface area (Å²) in [6, 6.07) is 13.7. The number of anilines is 1. The molecule has 2 aromatic rings. The summed E-state index contributed by atoms with van der Waals surface area (Å²) in [5, 5.41) is 27.6. The molecule has 35 heavy (non-hydrogen) atoms. The molecule has 0 aromatic heterocycles. The fraction of sp³-hybridized carbons (Fsp3) is 0.360. The van der Waals surface area contributed by atoms with Crippen LogP contribution in [0.5, 0.6) is 0 Å². The van der Waals surface area contributed by atoms with Gasteiger partial charge in [-0.2, -0.15) is 0 Å². The molecule has 0 bridgehead atoms. The molecule has 0 aliphatic carbocycles. The van der Waals surface area contributed by atoms with Gasteiger partial charge in [-0.05, 0) is 42.7 Å². The first-order valence-corrected chi connectivity index (χ1v) is 12.2. The van der Waals surface area contributed by atoms with Gasteiger partial charge in [0.1, 0.15) is 0 Å². The van der Waals surface area contributed by atoms with E-state index in [1.165, 1.54) is 0 Å². The van der Waals surface area contributed by atoms with Gasteiger partial charge in [0.2, 0.25) is 5.91 Å². The molecule has 1 aliphatic rings. The second kappa shape index (κ2) is 13.0. The monoisotopic (exact) mass is 544 g/mol. The van der Waals surface area contributed by atoms with Gasteiger partial charge in [-0.3, -0.25) is 19.4 Å². The Kier molecular flexibility index (Phi) is 9.80. The van der Waals surface area contributed by atoms with Crippen molar-refractivity contribution in [3.05, 3.63) is 64.1 Å². The minimum Gasteiger partial charge on any atom is -0.481 e. The number of aliphatic carboxylic acids is 1. The molecule has 0 saturated carbocycles. The predicted molar refractivity (Wildman–Crippen MR) is 136 cm³/mol. The average molecular weight is 545 g/mol. The molecular weight excluding hydrogens is 516 g/mol. The van der Waals surface area contributed by atoms with Crippen molar-refractivity contribution >= 4 is 45.2 Å². The summed E-state index contributed by atoms with van der Waals surface area (Å²) in [4.78, 5) is 40.4. The lowest BCUT2D eigenvalue weighted by atomic mass is 10.0. The lowest BCUT2D eigenvalue weighted by Gasteiger charge is -2.20. The number of hydrogen-bond acceptors (Lipinski definition) is 7. The van der Waals surface area contributed by atoms with Crippen LogP contribution in [-0.4, -0.2) is 53.0 Å². The van der Waals surface area contributed by atoms with Gasteiger partial charge in [0.05, 0.1) is 25.1 Å². The summed E-state index contributed by atoms with van der Waals surface area (Å²) in [5.41, 5.74) is 2.00. The number of nitrogens with zero attached hydrogens (tertiary/aromatic N) is 1. The Morgan fingerprint density at radius 3 is 2.54 bits per heavy atom. The van der Waals surface area contributed by atoms with E-state index in [4.69, 9.17) is 0 Å². The standard InChI is InChI=1S/C25H29BrN4O5/c26-18-10-8-16(9-11-18)21(13-24(34)35)30-23(33)7-2-1-6-22(32)17-4-3-5-19(12-17)29-25-27-14-20(31)15-28-25/h3-5,8-12,20-21,31H,1-2,6-7,13-15H2,(H,30,33)(H,34,35)(H2,27,28,29). The maximum atomic E-state index is 12.6. The molecule has 10 heteroatoms. The van der Waals surface area contributed by atoms with E-state index >= 15 is 0 Å². The first-order chi connectivity index (χ1) is 16.8. The summed E-state index contributed by atoms with van der Waals surface area (Å²) >= 11 is 3.34. The number of aliphatic imine (C=N–C) groups is 1. The summed E-state index contributed by atoms with van der Waals surface area (Å²) < 4.78 is 0.867. The number of nitrogens with one attached hydrogen (secondary N) is 3. The third-order valence-corrected chi connectivity index (χ3v) is 5.99. The number of guanidine groups is 1. The molecular formula is C25H29BrN4O5. The number of amides is 1. The number of hydrogen-bond donors (Lipinski definition) is 5. The number of carboxylic acids is 1. The number of halogens is 1. The maximum absolute atomic E-state index is 12.6. The molecule has 0 saturated heterocycles. The van der Waals surface area contributed by atoms with E-state index in [9.17, 15) is 24.6 Å². The van der Waals surface area contributed by atoms with E-state index < -0.39 is 18.1 Å². The molecule has 9 nitrogen and oxygen atoms in total. The number of aliphatic hydroxyl groups is 1. The Bertz CT molecular complexity index is 1070. The number of benzene rings is 2. The second-order valence-electron chi connectivity index (χ2n) is 8.33. The van der Waals surface area contributed by atoms with Crippen LogP contribution in [0.25, 0.3) is 0 Å². The van der Waals surface area contributed by atoms with Crippen LogP contribution in [-0.2, 0) is 9.59 Å². The molecule has 1 amide bonds. The molecule has 0 fully saturated rings. The van der Waals surface area contributed by atoms with Crippen LogP contribution in [0.4, 0.5) is 5.69 Å². The van der Waals surface area contributed by atoms with Gasteiger partial charge in [-0.25, -0.2) is 0 Å². The number of carbonyl (C=O) groups excluding carboxylic acids is 2. The highest BCUT2D eigenvalue weighted by Crippen LogP contribution is 2.20. The van der Waals surface area contributed by atoms with Gasteiger partial charge in [0.15, 0.2) is 11.7 Å². The van der Waals surface area contributed by atoms with Gasteiger partial charge in [0, 0.05) is 35.1 Å². The van der Waals surface area contributed by atoms with Gasteiger partial charge in [-0.15, -0.1) is 0 Å². The van der Waals surface area contributed by atoms with Crippen LogP contribution >= 0.6 is 15.9 Å². The topological polar surface area (TPSA) is 140 Å². The highest BCUT2D eigenvalue weighted by atomic mass is 79.9. The van der Waals surface area contributed by atoms with E-state index in [2.05, 4.69) is 36.9 Å². The molecule has 0 spiro atoms. The Balaban J connectivity index is 1.45. The zero-order chi connectivity index (χ0) is 25.2. The van der Waals surface area contributed by atoms with E-state index in [0.29, 0.717) is 43.9 Å². The Morgan fingerprint density at radius 1 is 1.11 bits per heavy atom. The van der Waals surface area contributed by atoms with E-state index in [-0.39, 0.29) is 24.5 Å². The Labute approximate surface area is 212 Å². The molecule has 0 radical (unpaired) electrons. The van der Waals surface area contributed by atoms with Crippen molar-refractivity contribution in [3.8, 4) is 0 Å². The van der Waals surface area contributed by atoms with Crippen molar-refractivity contribution in [1.82, 2.24) is 10.6 Å². The van der Waals surface area contributed by atoms with Crippen LogP contribution in [0.15, 0.2) is 58.0 Å². The van der Waals surface area contributed by atoms with Crippen LogP contribution in [0.3, 0.4) is 0 Å². The SMILES string of the molecule is O=C(O)CC(NC(=O)CCCCC(=O)c1cccc(NC2=NCC(O)CN2)c1)c1ccc(Br)cc1. The highest BCUT2D eigenvalue weighted by Gasteiger charge is 2.18. The van der Waals surface area contributed by atoms with Gasteiger partial charge in [0.25, 0.3) is 0 Å². The average Bonchev–Trinajstić information content (AvgIpc) is 2.83. The fourth-order valence-corrected chi connectivity index (χ4v) is 3.89. The molecule has 186 valence electrons. The highest BCUT2D eigenvalue weighted by molar-refractivity contribution is 9.10. The second-order valence-corrected chi connectivity index (χ2v) is 9.25. The Morgan fingerprint density at radius 2 is 1.86 bits per heavy atom. The van der Waals surface area contributed by atoms with Crippen molar-refractivity contribution in [2.24, 2.45) is 4.99 Å². The molecule has 5 N–H and O–H groups in total. The molecule has 2 aromatic carbocycles. The largest absolute Gasteiger partial charge is 0.481 e. The van der Waals surface area contributed by atoms with Gasteiger partial charge >= 0.3 is 5.97 Å². The molecule has 1 heterocycles. The third-order valence-electron chi connectivity index (χ3n) is 5.46. The molecule has 2 unspecified atom stereocenters. The van der Waals surface area contributed by atoms with Crippen molar-refractivity contribution in [2.75, 3.05) is 18.4 Å². The van der Waals surface area contributed by atoms with E-state index in [0.717, 1.165) is 15.7 Å². The van der Waals surface area contributed by atoms with E-state index in [1.54, 1.807) is 42.5 Å². The first-order valence-electron chi connectivity index (χ1n) is 11.4. The number of carbonyl (C=O) groups is 3. The predicted octanol–water partition coefficient (Wildman–Crippen LogP) is 3.26. The summed E-state index contributed by atoms with van der Waals surface area (Å²) in [7, 11) is 0. The summed E-state index contributed by atoms with van der Waals surface area (Å²) in [6.07, 6.45) is 0.848. The zero-order valence-electron chi connectivity index (χ0n) is 19.2. The summed E-state index contributed by atoms with van der Waals surface area (Å²) in [6.45, 7) is 0.736. The minimum atomic E-state index is -0.996. The first kappa shape index (κ1) is 26.4. The van der Waals surface area contributed by atoms with Crippen LogP contribution in [0, 0.1) is 0 Å². The smallest absolute Gasteiger partial charge is 0.305 e. The number of Topliss-reactive ketones (excluding diaryl/α,β-unsaturated/α-hetero) is 1. The molecule has 1 aliphatic heterocycles. The third kappa shape index (κ3) is 8.80. The number of rotatable bonds is 11. The quantitative estimate of drug-likeness (QED) is 0.216. The minimum absolute atomic E-state index is 0.0263. The van der Waals surface area contributed by atoms with Crippen molar-refractivity contribution in [3.63, 3.8) is 0 Å². The van der Waals surface area contributed by atoms with Crippen LogP contribution < -0.4 is 16.0 Å². The van der Waals surface area contributed by atoms with Crippen molar-refractivity contribution in [2.45, 2.75) is 44.2 Å². The van der Waals surface area contributed by atoms with Crippen LogP contribution in [0.1, 0.15) is 54.1 Å². The molecule has 3 rings (SSSR count). The normalized spacial score (nSPS) is 15.9. The number of carboxylic acid groups (broad SMARTS) is 1. The number of unbranched alkanes of at least 4 members (excludes halogenated alkanes) is 1. The summed E-state index contributed by atoms with van der Waals surface area (Å²) in [5.74, 6) is -0.718. The number of aliphatic hydroxyl groups excluding tert-OH is 1. The zero-order valence-corrected chi connectivity index (χ0v) is 20.8. The lowest BCUT2D eigenvalue weighted by molar-refractivity contribution is -0.137. The number of ketones is 1. The molecule has 2 atom stereocenters. The number of β-amino-alcohol motifs (C(OH)–C–C–N with tert-alkyl or cyclic N) is 1. The van der Waals surface area contributed by atoms with Gasteiger partial charge in [-0.1, -0.05) is 40.2 Å². The van der Waals surface area contributed by atoms with Crippen molar-refractivity contribution < 1.29 is 24.6 Å². The Hall–Kier alpha value is -3.24. The maximum Gasteiger partial charge on any atom is 0.305 e.